The van der Waals surface area contributed by atoms with Crippen molar-refractivity contribution < 1.29 is 4.42 Å². The van der Waals surface area contributed by atoms with E-state index >= 15 is 0 Å². The zero-order chi connectivity index (χ0) is 49.5. The van der Waals surface area contributed by atoms with Gasteiger partial charge in [-0.15, -0.1) is 0 Å². The molecule has 358 valence electrons. The first-order valence-electron chi connectivity index (χ1n) is 26.7. The Morgan fingerprint density at radius 3 is 1.43 bits per heavy atom. The number of hydrogen-bond acceptors (Lipinski definition) is 3. The second-order valence-electron chi connectivity index (χ2n) is 27.4. The summed E-state index contributed by atoms with van der Waals surface area (Å²) < 4.78 is 7.56. The van der Waals surface area contributed by atoms with Crippen LogP contribution < -0.4 is 26.2 Å². The summed E-state index contributed by atoms with van der Waals surface area (Å²) in [5, 5.41) is 1.20. The van der Waals surface area contributed by atoms with E-state index in [9.17, 15) is 0 Å². The Kier molecular flexibility index (Phi) is 9.51. The molecule has 4 heteroatoms. The van der Waals surface area contributed by atoms with Gasteiger partial charge in [0, 0.05) is 39.3 Å². The summed E-state index contributed by atoms with van der Waals surface area (Å²) in [4.78, 5) is 5.24. The van der Waals surface area contributed by atoms with Gasteiger partial charge in [0.1, 0.15) is 5.58 Å². The van der Waals surface area contributed by atoms with E-state index in [1.807, 2.05) is 0 Å². The van der Waals surface area contributed by atoms with Crippen molar-refractivity contribution in [2.24, 2.45) is 0 Å². The van der Waals surface area contributed by atoms with Gasteiger partial charge in [0.15, 0.2) is 0 Å². The van der Waals surface area contributed by atoms with E-state index in [4.69, 9.17) is 4.42 Å². The van der Waals surface area contributed by atoms with E-state index in [1.165, 1.54) is 114 Å². The van der Waals surface area contributed by atoms with Crippen molar-refractivity contribution in [3.05, 3.63) is 148 Å². The molecule has 0 fully saturated rings. The minimum absolute atomic E-state index is 0.0275. The Bertz CT molecular complexity index is 3330. The van der Waals surface area contributed by atoms with Gasteiger partial charge in [0.25, 0.3) is 6.71 Å². The van der Waals surface area contributed by atoms with Gasteiger partial charge in [-0.25, -0.2) is 0 Å². The van der Waals surface area contributed by atoms with Gasteiger partial charge in [-0.3, -0.25) is 4.90 Å². The standard InChI is InChI=1S/C66H75BN2O/c1-60(2,3)42-21-24-45-56(35-42)70-59-57(45)67-52-38-50-51(66(14,15)32-31-65(50,12)13)39-53(52)68(43-22-25-46-48(36-43)63(8,9)29-27-61(46,4)5)54-33-41(40-19-17-16-18-20-40)34-55(58(54)67)69(59)44-23-26-47-49(37-44)64(10,11)30-28-62(47,6)7/h16-26,33-39H,27-32H2,1-15H3. The van der Waals surface area contributed by atoms with E-state index in [0.717, 1.165) is 36.4 Å². The van der Waals surface area contributed by atoms with Crippen LogP contribution in [0.5, 0.6) is 0 Å². The van der Waals surface area contributed by atoms with E-state index in [2.05, 4.69) is 223 Å². The molecule has 6 aromatic carbocycles. The van der Waals surface area contributed by atoms with Crippen LogP contribution in [-0.4, -0.2) is 6.71 Å². The monoisotopic (exact) mass is 923 g/mol. The normalized spacial score (nSPS) is 20.5. The molecule has 12 rings (SSSR count). The molecule has 3 heterocycles. The summed E-state index contributed by atoms with van der Waals surface area (Å²) in [6, 6.07) is 43.5. The van der Waals surface area contributed by atoms with Crippen molar-refractivity contribution >= 4 is 68.4 Å². The third-order valence-corrected chi connectivity index (χ3v) is 18.8. The fraction of sp³-hybridized carbons (Fsp3) is 0.424. The molecule has 0 saturated heterocycles. The van der Waals surface area contributed by atoms with Crippen molar-refractivity contribution in [2.75, 3.05) is 9.80 Å². The third-order valence-electron chi connectivity index (χ3n) is 18.8. The predicted molar refractivity (Wildman–Crippen MR) is 300 cm³/mol. The number of rotatable bonds is 3. The molecule has 0 spiro atoms. The summed E-state index contributed by atoms with van der Waals surface area (Å²) in [6.07, 6.45) is 7.01. The lowest BCUT2D eigenvalue weighted by molar-refractivity contribution is 0.332. The molecule has 3 aliphatic carbocycles. The average molecular weight is 923 g/mol. The van der Waals surface area contributed by atoms with E-state index in [0.29, 0.717) is 0 Å². The van der Waals surface area contributed by atoms with Crippen LogP contribution in [-0.2, 0) is 37.9 Å². The molecule has 70 heavy (non-hydrogen) atoms. The van der Waals surface area contributed by atoms with Crippen molar-refractivity contribution in [1.82, 2.24) is 0 Å². The summed E-state index contributed by atoms with van der Waals surface area (Å²) in [6.45, 7) is 36.4. The molecule has 0 unspecified atom stereocenters. The SMILES string of the molecule is CC(C)(C)c1ccc2c3c(oc2c1)N(c1ccc2c(c1)C(C)(C)CCC2(C)C)c1cc(-c2ccccc2)cc2c1B3c1cc3c(cc1N2c1ccc2c(c1)C(C)(C)CCC2(C)C)C(C)(C)CCC3(C)C. The fourth-order valence-electron chi connectivity index (χ4n) is 13.8. The fourth-order valence-corrected chi connectivity index (χ4v) is 13.8. The van der Waals surface area contributed by atoms with E-state index < -0.39 is 0 Å². The molecule has 0 N–H and O–H groups in total. The average Bonchev–Trinajstić information content (AvgIpc) is 3.69. The number of nitrogens with zero attached hydrogens (tertiary/aromatic N) is 2. The highest BCUT2D eigenvalue weighted by molar-refractivity contribution is 7.01. The van der Waals surface area contributed by atoms with E-state index in [1.54, 1.807) is 0 Å². The number of fused-ring (bicyclic) bond motifs is 9. The van der Waals surface area contributed by atoms with Crippen molar-refractivity contribution in [1.29, 1.82) is 0 Å². The Hall–Kier alpha value is -5.48. The van der Waals surface area contributed by atoms with Gasteiger partial charge in [0.2, 0.25) is 5.88 Å². The van der Waals surface area contributed by atoms with Crippen LogP contribution in [0.2, 0.25) is 0 Å². The molecule has 5 aliphatic rings. The van der Waals surface area contributed by atoms with Crippen molar-refractivity contribution in [2.45, 2.75) is 180 Å². The highest BCUT2D eigenvalue weighted by atomic mass is 16.4. The molecular weight excluding hydrogens is 848 g/mol. The van der Waals surface area contributed by atoms with Crippen LogP contribution in [0.1, 0.15) is 181 Å². The third kappa shape index (κ3) is 6.66. The summed E-state index contributed by atoms with van der Waals surface area (Å²) >= 11 is 0. The molecule has 0 amide bonds. The molecule has 0 radical (unpaired) electrons. The highest BCUT2D eigenvalue weighted by Crippen LogP contribution is 2.55. The van der Waals surface area contributed by atoms with Crippen molar-refractivity contribution in [3.63, 3.8) is 0 Å². The second kappa shape index (κ2) is 14.6. The maximum absolute atomic E-state index is 7.56. The number of hydrogen-bond donors (Lipinski definition) is 0. The van der Waals surface area contributed by atoms with Crippen LogP contribution in [0.15, 0.2) is 114 Å². The van der Waals surface area contributed by atoms with Gasteiger partial charge in [-0.2, -0.15) is 0 Å². The molecule has 0 bridgehead atoms. The summed E-state index contributed by atoms with van der Waals surface area (Å²) in [7, 11) is 0. The van der Waals surface area contributed by atoms with Crippen LogP contribution in [0.4, 0.5) is 34.3 Å². The number of furan rings is 1. The summed E-state index contributed by atoms with van der Waals surface area (Å²) in [5.41, 5.74) is 24.0. The Balaban J connectivity index is 1.24. The Morgan fingerprint density at radius 2 is 0.900 bits per heavy atom. The van der Waals surface area contributed by atoms with Crippen LogP contribution in [0.25, 0.3) is 22.1 Å². The first-order valence-corrected chi connectivity index (χ1v) is 26.7. The minimum atomic E-state index is -0.0683. The zero-order valence-corrected chi connectivity index (χ0v) is 45.0. The number of anilines is 6. The molecule has 0 atom stereocenters. The first kappa shape index (κ1) is 45.6. The first-order chi connectivity index (χ1) is 32.8. The smallest absolute Gasteiger partial charge is 0.257 e. The molecule has 7 aromatic rings. The van der Waals surface area contributed by atoms with Crippen molar-refractivity contribution in [3.8, 4) is 11.1 Å². The Labute approximate surface area is 420 Å². The largest absolute Gasteiger partial charge is 0.440 e. The summed E-state index contributed by atoms with van der Waals surface area (Å²) in [5.74, 6) is 0.942. The lowest BCUT2D eigenvalue weighted by atomic mass is 9.33. The molecule has 2 aliphatic heterocycles. The quantitative estimate of drug-likeness (QED) is 0.165. The lowest BCUT2D eigenvalue weighted by Crippen LogP contribution is -2.61. The Morgan fingerprint density at radius 1 is 0.429 bits per heavy atom. The molecule has 0 saturated carbocycles. The van der Waals surface area contributed by atoms with Gasteiger partial charge in [-0.1, -0.05) is 165 Å². The van der Waals surface area contributed by atoms with E-state index in [-0.39, 0.29) is 44.6 Å². The van der Waals surface area contributed by atoms with Crippen LogP contribution >= 0.6 is 0 Å². The van der Waals surface area contributed by atoms with Gasteiger partial charge in [0.05, 0.1) is 0 Å². The highest BCUT2D eigenvalue weighted by Gasteiger charge is 2.50. The second-order valence-corrected chi connectivity index (χ2v) is 27.4. The molecular formula is C66H75BN2O. The number of benzene rings is 6. The topological polar surface area (TPSA) is 19.6 Å². The van der Waals surface area contributed by atoms with Gasteiger partial charge >= 0.3 is 0 Å². The lowest BCUT2D eigenvalue weighted by Gasteiger charge is -2.47. The van der Waals surface area contributed by atoms with Crippen LogP contribution in [0, 0.1) is 0 Å². The van der Waals surface area contributed by atoms with Gasteiger partial charge in [-0.05, 0) is 186 Å². The van der Waals surface area contributed by atoms with Gasteiger partial charge < -0.3 is 9.32 Å². The van der Waals surface area contributed by atoms with Crippen LogP contribution in [0.3, 0.4) is 0 Å². The molecule has 1 aromatic heterocycles. The maximum atomic E-state index is 7.56. The maximum Gasteiger partial charge on any atom is 0.257 e. The minimum Gasteiger partial charge on any atom is -0.440 e. The zero-order valence-electron chi connectivity index (χ0n) is 45.0. The predicted octanol–water partition coefficient (Wildman–Crippen LogP) is 16.5. The molecule has 3 nitrogen and oxygen atoms in total.